The first kappa shape index (κ1) is 33.9. The van der Waals surface area contributed by atoms with Gasteiger partial charge in [0.15, 0.2) is 0 Å². The number of alkyl carbamates (subject to hydrolysis) is 1. The number of sulfonamides is 1. The summed E-state index contributed by atoms with van der Waals surface area (Å²) in [5, 5.41) is 9.71. The molecule has 6 rings (SSSR count). The highest BCUT2D eigenvalue weighted by Crippen LogP contribution is 2.51. The maximum absolute atomic E-state index is 13.8. The molecule has 1 heterocycles. The predicted molar refractivity (Wildman–Crippen MR) is 181 cm³/mol. The van der Waals surface area contributed by atoms with Crippen LogP contribution in [-0.2, 0) is 26.7 Å². The van der Waals surface area contributed by atoms with E-state index in [1.165, 1.54) is 17.4 Å². The van der Waals surface area contributed by atoms with Gasteiger partial charge in [0.2, 0.25) is 10.0 Å². The van der Waals surface area contributed by atoms with Gasteiger partial charge in [-0.1, -0.05) is 36.4 Å². The average molecular weight is 668 g/mol. The molecule has 1 unspecified atom stereocenters. The van der Waals surface area contributed by atoms with Gasteiger partial charge in [-0.3, -0.25) is 0 Å². The van der Waals surface area contributed by atoms with Gasteiger partial charge in [0, 0.05) is 41.0 Å². The number of benzene rings is 2. The van der Waals surface area contributed by atoms with Crippen LogP contribution < -0.4 is 20.7 Å². The smallest absolute Gasteiger partial charge is 0.407 e. The maximum atomic E-state index is 13.8. The number of nitrogens with zero attached hydrogens (tertiary/aromatic N) is 1. The summed E-state index contributed by atoms with van der Waals surface area (Å²) in [5.74, 6) is 0.403. The number of aromatic nitrogens is 1. The molecule has 46 heavy (non-hydrogen) atoms. The van der Waals surface area contributed by atoms with Crippen LogP contribution in [0.3, 0.4) is 0 Å². The van der Waals surface area contributed by atoms with Crippen LogP contribution in [0, 0.1) is 5.92 Å². The second-order valence-electron chi connectivity index (χ2n) is 13.8. The monoisotopic (exact) mass is 667 g/mol. The lowest BCUT2D eigenvalue weighted by Crippen LogP contribution is -2.41. The molecule has 3 saturated carbocycles. The highest BCUT2D eigenvalue weighted by Gasteiger charge is 2.45. The van der Waals surface area contributed by atoms with Gasteiger partial charge in [-0.05, 0) is 96.8 Å². The van der Waals surface area contributed by atoms with Crippen molar-refractivity contribution in [1.82, 2.24) is 20.3 Å². The second kappa shape index (κ2) is 13.7. The van der Waals surface area contributed by atoms with Crippen molar-refractivity contribution in [1.29, 1.82) is 0 Å². The van der Waals surface area contributed by atoms with Crippen molar-refractivity contribution >= 4 is 39.2 Å². The molecule has 3 amide bonds. The number of amides is 3. The summed E-state index contributed by atoms with van der Waals surface area (Å²) in [6.07, 6.45) is 6.89. The van der Waals surface area contributed by atoms with Crippen molar-refractivity contribution in [2.24, 2.45) is 5.92 Å². The van der Waals surface area contributed by atoms with E-state index < -0.39 is 21.6 Å². The zero-order valence-electron chi connectivity index (χ0n) is 27.2. The van der Waals surface area contributed by atoms with Crippen molar-refractivity contribution < 1.29 is 22.7 Å². The number of fused-ring (bicyclic) bond motifs is 4. The Morgan fingerprint density at radius 1 is 1.04 bits per heavy atom. The number of hydrogen-bond donors (Lipinski definition) is 4. The standard InChI is InChI=1S/C34H45N5O5S2/c1-22(2)44-32(41)38-27-15-18-34(16-13-24(27)14-17-34)30-35-21-28(45-30)26-12-11-25(19-29(26)46(42,43)39-33(3,4)5)37-31(40)36-20-23-9-7-6-8-10-23/h6-12,19,21-22,24,27,39H,13-18,20H2,1-5H3,(H,38,41)(H2,36,37,40). The van der Waals surface area contributed by atoms with Crippen LogP contribution in [0.2, 0.25) is 0 Å². The molecular formula is C34H45N5O5S2. The Bertz CT molecular complexity index is 1640. The molecule has 248 valence electrons. The molecule has 0 aliphatic heterocycles. The third kappa shape index (κ3) is 8.26. The van der Waals surface area contributed by atoms with E-state index in [0.29, 0.717) is 23.7 Å². The number of carbonyl (C=O) groups is 2. The molecule has 2 aromatic carbocycles. The molecule has 1 aromatic heterocycles. The Kier molecular flexibility index (Phi) is 10.1. The Labute approximate surface area is 276 Å². The summed E-state index contributed by atoms with van der Waals surface area (Å²) < 4.78 is 35.6. The molecule has 0 spiro atoms. The molecule has 10 nitrogen and oxygen atoms in total. The minimum absolute atomic E-state index is 0.0696. The number of carbonyl (C=O) groups excluding carboxylic acids is 2. The third-order valence-corrected chi connectivity index (χ3v) is 11.7. The lowest BCUT2D eigenvalue weighted by molar-refractivity contribution is 0.107. The number of rotatable bonds is 9. The molecule has 12 heteroatoms. The number of ether oxygens (including phenoxy) is 1. The van der Waals surface area contributed by atoms with Gasteiger partial charge in [-0.25, -0.2) is 27.7 Å². The van der Waals surface area contributed by atoms with Crippen LogP contribution in [-0.4, -0.2) is 43.2 Å². The van der Waals surface area contributed by atoms with Gasteiger partial charge in [0.1, 0.15) is 0 Å². The Hall–Kier alpha value is -3.48. The van der Waals surface area contributed by atoms with E-state index in [2.05, 4.69) is 20.7 Å². The zero-order valence-corrected chi connectivity index (χ0v) is 28.8. The van der Waals surface area contributed by atoms with Crippen LogP contribution in [0.4, 0.5) is 15.3 Å². The fraction of sp³-hybridized carbons (Fsp3) is 0.500. The largest absolute Gasteiger partial charge is 0.447 e. The average Bonchev–Trinajstić information content (AvgIpc) is 3.35. The molecule has 3 aliphatic rings. The van der Waals surface area contributed by atoms with Crippen LogP contribution in [0.1, 0.15) is 83.7 Å². The number of anilines is 1. The van der Waals surface area contributed by atoms with Crippen molar-refractivity contribution in [3.05, 3.63) is 65.3 Å². The minimum atomic E-state index is -3.97. The first-order chi connectivity index (χ1) is 21.7. The normalized spacial score (nSPS) is 21.4. The first-order valence-electron chi connectivity index (χ1n) is 15.9. The lowest BCUT2D eigenvalue weighted by Gasteiger charge is -2.35. The van der Waals surface area contributed by atoms with Crippen LogP contribution in [0.15, 0.2) is 59.6 Å². The fourth-order valence-electron chi connectivity index (χ4n) is 6.50. The minimum Gasteiger partial charge on any atom is -0.447 e. The quantitative estimate of drug-likeness (QED) is 0.195. The Morgan fingerprint density at radius 2 is 1.74 bits per heavy atom. The topological polar surface area (TPSA) is 139 Å². The zero-order chi connectivity index (χ0) is 33.1. The number of urea groups is 1. The summed E-state index contributed by atoms with van der Waals surface area (Å²) in [7, 11) is -3.97. The van der Waals surface area contributed by atoms with E-state index in [9.17, 15) is 18.0 Å². The summed E-state index contributed by atoms with van der Waals surface area (Å²) in [5.41, 5.74) is 1.02. The molecule has 0 radical (unpaired) electrons. The van der Waals surface area contributed by atoms with Crippen LogP contribution >= 0.6 is 11.3 Å². The van der Waals surface area contributed by atoms with E-state index >= 15 is 0 Å². The fourth-order valence-corrected chi connectivity index (χ4v) is 9.46. The van der Waals surface area contributed by atoms with Gasteiger partial charge in [-0.2, -0.15) is 0 Å². The molecular weight excluding hydrogens is 623 g/mol. The van der Waals surface area contributed by atoms with E-state index in [1.54, 1.807) is 39.1 Å². The van der Waals surface area contributed by atoms with E-state index in [0.717, 1.165) is 54.0 Å². The lowest BCUT2D eigenvalue weighted by atomic mass is 9.71. The van der Waals surface area contributed by atoms with Gasteiger partial charge in [0.05, 0.1) is 20.9 Å². The number of thiazole rings is 1. The molecule has 3 aliphatic carbocycles. The van der Waals surface area contributed by atoms with E-state index in [4.69, 9.17) is 9.72 Å². The highest BCUT2D eigenvalue weighted by atomic mass is 32.2. The Balaban J connectivity index is 1.38. The third-order valence-electron chi connectivity index (χ3n) is 8.63. The number of hydrogen-bond acceptors (Lipinski definition) is 7. The van der Waals surface area contributed by atoms with Gasteiger partial charge < -0.3 is 20.7 Å². The molecule has 3 fully saturated rings. The van der Waals surface area contributed by atoms with Crippen molar-refractivity contribution in [2.45, 2.75) is 108 Å². The second-order valence-corrected chi connectivity index (χ2v) is 16.4. The summed E-state index contributed by atoms with van der Waals surface area (Å²) >= 11 is 1.53. The SMILES string of the molecule is CC(C)OC(=O)NC1CCC2(c3ncc(-c4ccc(NC(=O)NCc5ccccc5)cc4S(=O)(=O)NC(C)(C)C)s3)CCC1CC2. The van der Waals surface area contributed by atoms with Crippen molar-refractivity contribution in [3.63, 3.8) is 0 Å². The molecule has 0 saturated heterocycles. The predicted octanol–water partition coefficient (Wildman–Crippen LogP) is 6.93. The maximum Gasteiger partial charge on any atom is 0.407 e. The molecule has 1 atom stereocenters. The summed E-state index contributed by atoms with van der Waals surface area (Å²) in [6, 6.07) is 14.1. The first-order valence-corrected chi connectivity index (χ1v) is 18.2. The Morgan fingerprint density at radius 3 is 2.41 bits per heavy atom. The van der Waals surface area contributed by atoms with Crippen molar-refractivity contribution in [3.8, 4) is 10.4 Å². The van der Waals surface area contributed by atoms with Crippen LogP contribution in [0.25, 0.3) is 10.4 Å². The highest BCUT2D eigenvalue weighted by molar-refractivity contribution is 7.89. The summed E-state index contributed by atoms with van der Waals surface area (Å²) in [4.78, 5) is 30.8. The van der Waals surface area contributed by atoms with E-state index in [1.807, 2.05) is 44.2 Å². The van der Waals surface area contributed by atoms with Gasteiger partial charge in [0.25, 0.3) is 0 Å². The van der Waals surface area contributed by atoms with E-state index in [-0.39, 0.29) is 28.5 Å². The molecule has 4 N–H and O–H groups in total. The number of nitrogens with one attached hydrogen (secondary N) is 4. The summed E-state index contributed by atoms with van der Waals surface area (Å²) in [6.45, 7) is 9.40. The van der Waals surface area contributed by atoms with Gasteiger partial charge >= 0.3 is 12.1 Å². The van der Waals surface area contributed by atoms with Crippen LogP contribution in [0.5, 0.6) is 0 Å². The van der Waals surface area contributed by atoms with Crippen molar-refractivity contribution in [2.75, 3.05) is 5.32 Å². The van der Waals surface area contributed by atoms with Gasteiger partial charge in [-0.15, -0.1) is 11.3 Å². The molecule has 2 bridgehead atoms. The molecule has 3 aromatic rings.